The van der Waals surface area contributed by atoms with Crippen molar-refractivity contribution < 1.29 is 23.9 Å². The van der Waals surface area contributed by atoms with E-state index in [0.717, 1.165) is 12.8 Å². The molecule has 0 aliphatic carbocycles. The summed E-state index contributed by atoms with van der Waals surface area (Å²) in [6, 6.07) is 0. The highest BCUT2D eigenvalue weighted by Gasteiger charge is 2.34. The van der Waals surface area contributed by atoms with Crippen molar-refractivity contribution in [2.24, 2.45) is 11.8 Å². The van der Waals surface area contributed by atoms with Gasteiger partial charge >= 0.3 is 11.9 Å². The van der Waals surface area contributed by atoms with Gasteiger partial charge in [0.15, 0.2) is 11.6 Å². The van der Waals surface area contributed by atoms with Gasteiger partial charge in [-0.25, -0.2) is 0 Å². The van der Waals surface area contributed by atoms with Gasteiger partial charge in [0.25, 0.3) is 0 Å². The van der Waals surface area contributed by atoms with E-state index in [2.05, 4.69) is 13.2 Å². The molecular weight excluding hydrogens is 320 g/mol. The van der Waals surface area contributed by atoms with Crippen LogP contribution in [0.25, 0.3) is 0 Å². The minimum absolute atomic E-state index is 0.242. The summed E-state index contributed by atoms with van der Waals surface area (Å²) >= 11 is 0. The van der Waals surface area contributed by atoms with Crippen LogP contribution in [0.2, 0.25) is 0 Å². The predicted molar refractivity (Wildman–Crippen MR) is 96.8 cm³/mol. The molecule has 0 fully saturated rings. The summed E-state index contributed by atoms with van der Waals surface area (Å²) in [5.74, 6) is -4.75. The number of esters is 2. The molecular formula is C20H30O5. The predicted octanol–water partition coefficient (Wildman–Crippen LogP) is 3.96. The smallest absolute Gasteiger partial charge is 0.324 e. The van der Waals surface area contributed by atoms with E-state index in [9.17, 15) is 19.2 Å². The topological polar surface area (TPSA) is 77.5 Å². The van der Waals surface area contributed by atoms with E-state index in [-0.39, 0.29) is 11.1 Å². The summed E-state index contributed by atoms with van der Waals surface area (Å²) in [7, 11) is 0. The van der Waals surface area contributed by atoms with E-state index < -0.39 is 35.3 Å². The molecule has 0 spiro atoms. The minimum atomic E-state index is -1.05. The Balaban J connectivity index is 5.23. The fraction of sp³-hybridized carbons (Fsp3) is 0.600. The van der Waals surface area contributed by atoms with E-state index in [4.69, 9.17) is 4.74 Å². The molecule has 0 aromatic heterocycles. The van der Waals surface area contributed by atoms with Crippen molar-refractivity contribution in [2.45, 2.75) is 66.2 Å². The molecule has 2 unspecified atom stereocenters. The number of Topliss-reactive ketones (excluding diaryl/α,β-unsaturated/α-hetero) is 2. The van der Waals surface area contributed by atoms with Gasteiger partial charge in [0.2, 0.25) is 0 Å². The summed E-state index contributed by atoms with van der Waals surface area (Å²) in [6.07, 6.45) is 3.49. The SMILES string of the molecule is C=C(C)C(=O)C(CCCC)C(=O)OC(=O)C(CCCC)C(=O)C(=C)C. The lowest BCUT2D eigenvalue weighted by atomic mass is 9.92. The first-order valence-corrected chi connectivity index (χ1v) is 8.82. The second-order valence-corrected chi connectivity index (χ2v) is 6.42. The number of rotatable bonds is 12. The summed E-state index contributed by atoms with van der Waals surface area (Å²) in [4.78, 5) is 49.0. The van der Waals surface area contributed by atoms with Gasteiger partial charge in [-0.05, 0) is 37.8 Å². The van der Waals surface area contributed by atoms with Crippen molar-refractivity contribution >= 4 is 23.5 Å². The van der Waals surface area contributed by atoms with Crippen molar-refractivity contribution in [3.63, 3.8) is 0 Å². The van der Waals surface area contributed by atoms with E-state index >= 15 is 0 Å². The summed E-state index contributed by atoms with van der Waals surface area (Å²) in [6.45, 7) is 14.0. The lowest BCUT2D eigenvalue weighted by Gasteiger charge is -2.17. The standard InChI is InChI=1S/C20H30O5/c1-7-9-11-15(17(21)13(3)4)19(23)25-20(24)16(12-10-8-2)18(22)14(5)6/h15-16H,3,5,7-12H2,1-2,4,6H3. The number of carbonyl (C=O) groups is 4. The third kappa shape index (κ3) is 7.59. The van der Waals surface area contributed by atoms with Crippen molar-refractivity contribution in [3.05, 3.63) is 24.3 Å². The van der Waals surface area contributed by atoms with Crippen LogP contribution in [0, 0.1) is 11.8 Å². The van der Waals surface area contributed by atoms with Crippen LogP contribution in [0.1, 0.15) is 66.2 Å². The summed E-state index contributed by atoms with van der Waals surface area (Å²) < 4.78 is 4.91. The lowest BCUT2D eigenvalue weighted by molar-refractivity contribution is -0.166. The highest BCUT2D eigenvalue weighted by molar-refractivity contribution is 6.12. The van der Waals surface area contributed by atoms with Gasteiger partial charge in [0, 0.05) is 0 Å². The first kappa shape index (κ1) is 23.0. The Labute approximate surface area is 150 Å². The van der Waals surface area contributed by atoms with Crippen molar-refractivity contribution in [1.82, 2.24) is 0 Å². The number of hydrogen-bond donors (Lipinski definition) is 0. The number of unbranched alkanes of at least 4 members (excludes halogenated alkanes) is 2. The Hall–Kier alpha value is -2.04. The quantitative estimate of drug-likeness (QED) is 0.302. The zero-order valence-corrected chi connectivity index (χ0v) is 15.9. The Morgan fingerprint density at radius 1 is 0.760 bits per heavy atom. The molecule has 25 heavy (non-hydrogen) atoms. The molecule has 5 nitrogen and oxygen atoms in total. The van der Waals surface area contributed by atoms with Crippen molar-refractivity contribution in [3.8, 4) is 0 Å². The largest absolute Gasteiger partial charge is 0.392 e. The number of hydrogen-bond acceptors (Lipinski definition) is 5. The minimum Gasteiger partial charge on any atom is -0.392 e. The molecule has 0 saturated heterocycles. The van der Waals surface area contributed by atoms with Crippen LogP contribution in [0.4, 0.5) is 0 Å². The average molecular weight is 350 g/mol. The van der Waals surface area contributed by atoms with Crippen molar-refractivity contribution in [1.29, 1.82) is 0 Å². The lowest BCUT2D eigenvalue weighted by Crippen LogP contribution is -2.33. The molecule has 5 heteroatoms. The Morgan fingerprint density at radius 3 is 1.32 bits per heavy atom. The molecule has 0 rings (SSSR count). The maximum absolute atomic E-state index is 12.3. The van der Waals surface area contributed by atoms with Gasteiger partial charge in [-0.15, -0.1) is 0 Å². The maximum Gasteiger partial charge on any atom is 0.324 e. The normalized spacial score (nSPS) is 12.8. The van der Waals surface area contributed by atoms with E-state index in [1.807, 2.05) is 13.8 Å². The molecule has 0 aromatic rings. The van der Waals surface area contributed by atoms with Crippen LogP contribution < -0.4 is 0 Å². The third-order valence-corrected chi connectivity index (χ3v) is 3.94. The molecule has 0 N–H and O–H groups in total. The molecule has 2 atom stereocenters. The summed E-state index contributed by atoms with van der Waals surface area (Å²) in [5.41, 5.74) is 0.483. The molecule has 0 aromatic carbocycles. The van der Waals surface area contributed by atoms with Gasteiger partial charge in [0.1, 0.15) is 11.8 Å². The number of ether oxygens (including phenoxy) is 1. The van der Waals surface area contributed by atoms with Crippen LogP contribution >= 0.6 is 0 Å². The van der Waals surface area contributed by atoms with Gasteiger partial charge in [-0.3, -0.25) is 19.2 Å². The van der Waals surface area contributed by atoms with Gasteiger partial charge in [-0.1, -0.05) is 52.7 Å². The highest BCUT2D eigenvalue weighted by Crippen LogP contribution is 2.20. The van der Waals surface area contributed by atoms with Crippen LogP contribution in [-0.4, -0.2) is 23.5 Å². The monoisotopic (exact) mass is 350 g/mol. The Bertz CT molecular complexity index is 496. The second-order valence-electron chi connectivity index (χ2n) is 6.42. The van der Waals surface area contributed by atoms with E-state index in [1.54, 1.807) is 0 Å². The molecule has 0 heterocycles. The van der Waals surface area contributed by atoms with Crippen LogP contribution in [0.3, 0.4) is 0 Å². The molecule has 0 radical (unpaired) electrons. The molecule has 0 bridgehead atoms. The molecule has 0 aliphatic heterocycles. The molecule has 0 saturated carbocycles. The molecule has 0 aliphatic rings. The van der Waals surface area contributed by atoms with Gasteiger partial charge < -0.3 is 4.74 Å². The van der Waals surface area contributed by atoms with Gasteiger partial charge in [0.05, 0.1) is 0 Å². The fourth-order valence-corrected chi connectivity index (χ4v) is 2.36. The maximum atomic E-state index is 12.3. The first-order valence-electron chi connectivity index (χ1n) is 8.82. The zero-order chi connectivity index (χ0) is 19.6. The number of allylic oxidation sites excluding steroid dienone is 2. The first-order chi connectivity index (χ1) is 11.7. The van der Waals surface area contributed by atoms with E-state index in [0.29, 0.717) is 25.7 Å². The number of carbonyl (C=O) groups excluding carboxylic acids is 4. The van der Waals surface area contributed by atoms with Crippen LogP contribution in [0.15, 0.2) is 24.3 Å². The fourth-order valence-electron chi connectivity index (χ4n) is 2.36. The Morgan fingerprint density at radius 2 is 1.08 bits per heavy atom. The van der Waals surface area contributed by atoms with Crippen LogP contribution in [-0.2, 0) is 23.9 Å². The van der Waals surface area contributed by atoms with Crippen molar-refractivity contribution in [2.75, 3.05) is 0 Å². The van der Waals surface area contributed by atoms with E-state index in [1.165, 1.54) is 13.8 Å². The number of ketones is 2. The summed E-state index contributed by atoms with van der Waals surface area (Å²) in [5, 5.41) is 0. The Kier molecular flexibility index (Phi) is 10.6. The highest BCUT2D eigenvalue weighted by atomic mass is 16.6. The third-order valence-electron chi connectivity index (χ3n) is 3.94. The molecule has 0 amide bonds. The molecule has 140 valence electrons. The second kappa shape index (κ2) is 11.5. The van der Waals surface area contributed by atoms with Crippen LogP contribution in [0.5, 0.6) is 0 Å². The van der Waals surface area contributed by atoms with Gasteiger partial charge in [-0.2, -0.15) is 0 Å². The zero-order valence-electron chi connectivity index (χ0n) is 15.9. The average Bonchev–Trinajstić information content (AvgIpc) is 2.54.